The van der Waals surface area contributed by atoms with Gasteiger partial charge in [0, 0.05) is 24.6 Å². The fourth-order valence-corrected chi connectivity index (χ4v) is 2.38. The zero-order chi connectivity index (χ0) is 14.7. The van der Waals surface area contributed by atoms with Crippen LogP contribution in [0.5, 0.6) is 0 Å². The standard InChI is InChI=1S/C16H17N3O2/c1-11-7-8-21-14(11)15(20)19-16-17-9-13(10-18-16)12-5-3-2-4-6-12/h2-6,9-11,14H,7-8H2,1H3,(H,17,18,19,20)/t11-,14+/m1/s1. The summed E-state index contributed by atoms with van der Waals surface area (Å²) < 4.78 is 5.42. The molecule has 1 aliphatic heterocycles. The number of aromatic nitrogens is 2. The van der Waals surface area contributed by atoms with Crippen molar-refractivity contribution in [1.82, 2.24) is 9.97 Å². The van der Waals surface area contributed by atoms with Crippen LogP contribution in [-0.2, 0) is 9.53 Å². The number of nitrogens with one attached hydrogen (secondary N) is 1. The molecule has 5 heteroatoms. The second kappa shape index (κ2) is 6.01. The Kier molecular flexibility index (Phi) is 3.92. The molecule has 0 saturated carbocycles. The van der Waals surface area contributed by atoms with Crippen molar-refractivity contribution >= 4 is 11.9 Å². The zero-order valence-electron chi connectivity index (χ0n) is 11.8. The van der Waals surface area contributed by atoms with Gasteiger partial charge in [0.05, 0.1) is 0 Å². The van der Waals surface area contributed by atoms with Crippen LogP contribution in [0.1, 0.15) is 13.3 Å². The lowest BCUT2D eigenvalue weighted by Crippen LogP contribution is -2.31. The first-order chi connectivity index (χ1) is 10.2. The van der Waals surface area contributed by atoms with E-state index in [2.05, 4.69) is 15.3 Å². The number of rotatable bonds is 3. The Balaban J connectivity index is 1.69. The van der Waals surface area contributed by atoms with Crippen molar-refractivity contribution in [3.63, 3.8) is 0 Å². The highest BCUT2D eigenvalue weighted by Crippen LogP contribution is 2.21. The Hall–Kier alpha value is -2.27. The monoisotopic (exact) mass is 283 g/mol. The molecule has 3 rings (SSSR count). The first-order valence-electron chi connectivity index (χ1n) is 7.04. The van der Waals surface area contributed by atoms with Crippen molar-refractivity contribution in [3.05, 3.63) is 42.7 Å². The fraction of sp³-hybridized carbons (Fsp3) is 0.312. The molecule has 1 aromatic carbocycles. The third-order valence-electron chi connectivity index (χ3n) is 3.64. The van der Waals surface area contributed by atoms with Crippen LogP contribution in [0.2, 0.25) is 0 Å². The largest absolute Gasteiger partial charge is 0.368 e. The van der Waals surface area contributed by atoms with Crippen LogP contribution in [0.25, 0.3) is 11.1 Å². The molecule has 0 unspecified atom stereocenters. The van der Waals surface area contributed by atoms with E-state index in [1.165, 1.54) is 0 Å². The van der Waals surface area contributed by atoms with E-state index in [-0.39, 0.29) is 11.8 Å². The van der Waals surface area contributed by atoms with Crippen molar-refractivity contribution in [2.75, 3.05) is 11.9 Å². The summed E-state index contributed by atoms with van der Waals surface area (Å²) in [5.74, 6) is 0.364. The summed E-state index contributed by atoms with van der Waals surface area (Å²) in [4.78, 5) is 20.4. The van der Waals surface area contributed by atoms with Crippen LogP contribution < -0.4 is 5.32 Å². The van der Waals surface area contributed by atoms with E-state index in [1.54, 1.807) is 12.4 Å². The van der Waals surface area contributed by atoms with Gasteiger partial charge in [0.25, 0.3) is 5.91 Å². The highest BCUT2D eigenvalue weighted by molar-refractivity contribution is 5.93. The van der Waals surface area contributed by atoms with Gasteiger partial charge in [-0.15, -0.1) is 0 Å². The fourth-order valence-electron chi connectivity index (χ4n) is 2.38. The highest BCUT2D eigenvalue weighted by Gasteiger charge is 2.31. The normalized spacial score (nSPS) is 21.2. The number of carbonyl (C=O) groups is 1. The average Bonchev–Trinajstić information content (AvgIpc) is 2.95. The minimum Gasteiger partial charge on any atom is -0.368 e. The molecule has 1 amide bonds. The first kappa shape index (κ1) is 13.7. The second-order valence-corrected chi connectivity index (χ2v) is 5.21. The maximum Gasteiger partial charge on any atom is 0.256 e. The van der Waals surface area contributed by atoms with Gasteiger partial charge < -0.3 is 4.74 Å². The molecule has 0 bridgehead atoms. The summed E-state index contributed by atoms with van der Waals surface area (Å²) in [6.45, 7) is 2.64. The highest BCUT2D eigenvalue weighted by atomic mass is 16.5. The summed E-state index contributed by atoms with van der Waals surface area (Å²) in [6.07, 6.45) is 3.92. The molecule has 5 nitrogen and oxygen atoms in total. The van der Waals surface area contributed by atoms with Crippen molar-refractivity contribution in [2.24, 2.45) is 5.92 Å². The van der Waals surface area contributed by atoms with Crippen LogP contribution in [-0.4, -0.2) is 28.6 Å². The molecule has 1 aromatic heterocycles. The number of benzene rings is 1. The number of ether oxygens (including phenoxy) is 1. The number of anilines is 1. The topological polar surface area (TPSA) is 64.1 Å². The van der Waals surface area contributed by atoms with Gasteiger partial charge in [0.15, 0.2) is 0 Å². The maximum atomic E-state index is 12.1. The number of hydrogen-bond acceptors (Lipinski definition) is 4. The van der Waals surface area contributed by atoms with Gasteiger partial charge in [0.1, 0.15) is 6.10 Å². The minimum absolute atomic E-state index is 0.174. The number of carbonyl (C=O) groups excluding carboxylic acids is 1. The van der Waals surface area contributed by atoms with E-state index >= 15 is 0 Å². The van der Waals surface area contributed by atoms with E-state index in [0.29, 0.717) is 12.6 Å². The smallest absolute Gasteiger partial charge is 0.256 e. The summed E-state index contributed by atoms with van der Waals surface area (Å²) in [7, 11) is 0. The quantitative estimate of drug-likeness (QED) is 0.940. The lowest BCUT2D eigenvalue weighted by atomic mass is 10.0. The molecule has 1 N–H and O–H groups in total. The second-order valence-electron chi connectivity index (χ2n) is 5.21. The maximum absolute atomic E-state index is 12.1. The van der Waals surface area contributed by atoms with Gasteiger partial charge in [-0.25, -0.2) is 9.97 Å². The molecule has 2 heterocycles. The Labute approximate surface area is 123 Å². The van der Waals surface area contributed by atoms with E-state index in [0.717, 1.165) is 17.5 Å². The summed E-state index contributed by atoms with van der Waals surface area (Å²) in [6, 6.07) is 9.87. The SMILES string of the molecule is C[C@@H]1CCO[C@@H]1C(=O)Nc1ncc(-c2ccccc2)cn1. The van der Waals surface area contributed by atoms with Crippen molar-refractivity contribution in [2.45, 2.75) is 19.4 Å². The molecular weight excluding hydrogens is 266 g/mol. The van der Waals surface area contributed by atoms with Crippen LogP contribution in [0.15, 0.2) is 42.7 Å². The molecule has 1 fully saturated rings. The number of hydrogen-bond donors (Lipinski definition) is 1. The molecule has 0 radical (unpaired) electrons. The Morgan fingerprint density at radius 2 is 1.90 bits per heavy atom. The molecule has 2 atom stereocenters. The molecule has 2 aromatic rings. The molecule has 0 spiro atoms. The summed E-state index contributed by atoms with van der Waals surface area (Å²) in [5, 5.41) is 2.71. The van der Waals surface area contributed by atoms with Gasteiger partial charge in [-0.1, -0.05) is 37.3 Å². The van der Waals surface area contributed by atoms with E-state index < -0.39 is 6.10 Å². The van der Waals surface area contributed by atoms with Gasteiger partial charge in [-0.05, 0) is 17.9 Å². The van der Waals surface area contributed by atoms with Crippen molar-refractivity contribution in [3.8, 4) is 11.1 Å². The van der Waals surface area contributed by atoms with Crippen LogP contribution in [0, 0.1) is 5.92 Å². The molecular formula is C16H17N3O2. The minimum atomic E-state index is -0.401. The Morgan fingerprint density at radius 3 is 2.52 bits per heavy atom. The summed E-state index contributed by atoms with van der Waals surface area (Å²) in [5.41, 5.74) is 1.96. The van der Waals surface area contributed by atoms with E-state index in [1.807, 2.05) is 37.3 Å². The summed E-state index contributed by atoms with van der Waals surface area (Å²) >= 11 is 0. The lowest BCUT2D eigenvalue weighted by Gasteiger charge is -2.13. The predicted octanol–water partition coefficient (Wildman–Crippen LogP) is 2.51. The molecule has 1 aliphatic rings. The number of nitrogens with zero attached hydrogens (tertiary/aromatic N) is 2. The average molecular weight is 283 g/mol. The van der Waals surface area contributed by atoms with Crippen molar-refractivity contribution in [1.29, 1.82) is 0 Å². The number of amides is 1. The lowest BCUT2D eigenvalue weighted by molar-refractivity contribution is -0.126. The Morgan fingerprint density at radius 1 is 1.19 bits per heavy atom. The third-order valence-corrected chi connectivity index (χ3v) is 3.64. The predicted molar refractivity (Wildman–Crippen MR) is 79.6 cm³/mol. The Bertz CT molecular complexity index is 613. The molecule has 0 aliphatic carbocycles. The molecule has 21 heavy (non-hydrogen) atoms. The molecule has 108 valence electrons. The zero-order valence-corrected chi connectivity index (χ0v) is 11.8. The van der Waals surface area contributed by atoms with E-state index in [4.69, 9.17) is 4.74 Å². The van der Waals surface area contributed by atoms with Gasteiger partial charge in [0.2, 0.25) is 5.95 Å². The van der Waals surface area contributed by atoms with Crippen LogP contribution in [0.3, 0.4) is 0 Å². The van der Waals surface area contributed by atoms with Gasteiger partial charge in [-0.2, -0.15) is 0 Å². The van der Waals surface area contributed by atoms with Crippen LogP contribution in [0.4, 0.5) is 5.95 Å². The van der Waals surface area contributed by atoms with Gasteiger partial charge in [-0.3, -0.25) is 10.1 Å². The molecule has 1 saturated heterocycles. The van der Waals surface area contributed by atoms with E-state index in [9.17, 15) is 4.79 Å². The van der Waals surface area contributed by atoms with Gasteiger partial charge >= 0.3 is 0 Å². The van der Waals surface area contributed by atoms with Crippen molar-refractivity contribution < 1.29 is 9.53 Å². The third kappa shape index (κ3) is 3.08. The first-order valence-corrected chi connectivity index (χ1v) is 7.04. The van der Waals surface area contributed by atoms with Crippen LogP contribution >= 0.6 is 0 Å².